The SMILES string of the molecule is C[C@@H]1CCC[C@H](NC(=O)OC(C)(C)C)c2cc(c3c(n2)OCCO3)-c2c(cnn2C)NC1=O. The molecule has 2 aliphatic rings. The monoisotopic (exact) mass is 457 g/mol. The fraction of sp³-hybridized carbons (Fsp3) is 0.565. The molecule has 2 N–H and O–H groups in total. The van der Waals surface area contributed by atoms with Crippen molar-refractivity contribution in [3.05, 3.63) is 18.0 Å². The first-order valence-corrected chi connectivity index (χ1v) is 11.3. The minimum Gasteiger partial charge on any atom is -0.484 e. The van der Waals surface area contributed by atoms with Crippen LogP contribution in [0.4, 0.5) is 10.5 Å². The maximum absolute atomic E-state index is 12.8. The van der Waals surface area contributed by atoms with Crippen LogP contribution in [-0.4, -0.2) is 45.6 Å². The number of nitrogens with one attached hydrogen (secondary N) is 2. The number of ether oxygens (including phenoxy) is 3. The third-order valence-electron chi connectivity index (χ3n) is 5.61. The zero-order chi connectivity index (χ0) is 23.8. The molecule has 0 unspecified atom stereocenters. The molecule has 33 heavy (non-hydrogen) atoms. The Kier molecular flexibility index (Phi) is 6.18. The normalized spacial score (nSPS) is 20.6. The third kappa shape index (κ3) is 5.04. The van der Waals surface area contributed by atoms with Gasteiger partial charge in [-0.15, -0.1) is 0 Å². The molecule has 4 heterocycles. The third-order valence-corrected chi connectivity index (χ3v) is 5.61. The van der Waals surface area contributed by atoms with E-state index in [1.165, 1.54) is 0 Å². The quantitative estimate of drug-likeness (QED) is 0.672. The van der Waals surface area contributed by atoms with Gasteiger partial charge in [-0.2, -0.15) is 5.10 Å². The van der Waals surface area contributed by atoms with Crippen molar-refractivity contribution in [1.82, 2.24) is 20.1 Å². The lowest BCUT2D eigenvalue weighted by atomic mass is 9.96. The van der Waals surface area contributed by atoms with Crippen LogP contribution in [0, 0.1) is 5.92 Å². The Morgan fingerprint density at radius 1 is 1.27 bits per heavy atom. The predicted octanol–water partition coefficient (Wildman–Crippen LogP) is 3.58. The first-order valence-electron chi connectivity index (χ1n) is 11.3. The van der Waals surface area contributed by atoms with Crippen LogP contribution < -0.4 is 20.1 Å². The van der Waals surface area contributed by atoms with Gasteiger partial charge in [0, 0.05) is 13.0 Å². The van der Waals surface area contributed by atoms with E-state index in [4.69, 9.17) is 14.2 Å². The number of anilines is 1. The molecule has 178 valence electrons. The summed E-state index contributed by atoms with van der Waals surface area (Å²) < 4.78 is 18.9. The van der Waals surface area contributed by atoms with Crippen molar-refractivity contribution in [2.75, 3.05) is 18.5 Å². The molecule has 2 atom stereocenters. The maximum atomic E-state index is 12.8. The van der Waals surface area contributed by atoms with Crippen LogP contribution in [0.25, 0.3) is 11.3 Å². The molecule has 2 amide bonds. The van der Waals surface area contributed by atoms with Crippen molar-refractivity contribution in [1.29, 1.82) is 0 Å². The maximum Gasteiger partial charge on any atom is 0.408 e. The average Bonchev–Trinajstić information content (AvgIpc) is 3.09. The molecule has 2 bridgehead atoms. The smallest absolute Gasteiger partial charge is 0.408 e. The molecule has 0 aliphatic carbocycles. The largest absolute Gasteiger partial charge is 0.484 e. The number of carbonyl (C=O) groups is 2. The van der Waals surface area contributed by atoms with Crippen LogP contribution >= 0.6 is 0 Å². The number of hydrogen-bond donors (Lipinski definition) is 2. The van der Waals surface area contributed by atoms with Crippen molar-refractivity contribution >= 4 is 17.7 Å². The van der Waals surface area contributed by atoms with Crippen LogP contribution in [0.1, 0.15) is 58.7 Å². The summed E-state index contributed by atoms with van der Waals surface area (Å²) in [5.41, 5.74) is 1.95. The van der Waals surface area contributed by atoms with Crippen molar-refractivity contribution in [3.63, 3.8) is 0 Å². The van der Waals surface area contributed by atoms with E-state index in [-0.39, 0.29) is 11.8 Å². The van der Waals surface area contributed by atoms with Crippen LogP contribution in [-0.2, 0) is 16.6 Å². The van der Waals surface area contributed by atoms with E-state index in [1.54, 1.807) is 17.9 Å². The van der Waals surface area contributed by atoms with E-state index in [1.807, 2.05) is 33.8 Å². The van der Waals surface area contributed by atoms with E-state index < -0.39 is 17.7 Å². The number of carbonyl (C=O) groups excluding carboxylic acids is 2. The van der Waals surface area contributed by atoms with E-state index in [0.29, 0.717) is 66.7 Å². The number of rotatable bonds is 1. The lowest BCUT2D eigenvalue weighted by molar-refractivity contribution is -0.119. The van der Waals surface area contributed by atoms with E-state index >= 15 is 0 Å². The molecule has 0 radical (unpaired) electrons. The minimum atomic E-state index is -0.628. The summed E-state index contributed by atoms with van der Waals surface area (Å²) in [6, 6.07) is 1.44. The summed E-state index contributed by atoms with van der Waals surface area (Å²) in [4.78, 5) is 30.1. The van der Waals surface area contributed by atoms with Gasteiger partial charge >= 0.3 is 6.09 Å². The highest BCUT2D eigenvalue weighted by atomic mass is 16.6. The summed E-state index contributed by atoms with van der Waals surface area (Å²) >= 11 is 0. The number of aryl methyl sites for hydroxylation is 1. The molecule has 10 nitrogen and oxygen atoms in total. The number of alkyl carbamates (subject to hydrolysis) is 1. The second-order valence-electron chi connectivity index (χ2n) is 9.48. The van der Waals surface area contributed by atoms with Crippen molar-refractivity contribution in [2.45, 2.75) is 58.6 Å². The van der Waals surface area contributed by atoms with Gasteiger partial charge in [0.05, 0.1) is 34.9 Å². The summed E-state index contributed by atoms with van der Waals surface area (Å²) in [5.74, 6) is 0.556. The van der Waals surface area contributed by atoms with Gasteiger partial charge in [0.15, 0.2) is 5.75 Å². The van der Waals surface area contributed by atoms with Gasteiger partial charge in [-0.1, -0.05) is 13.3 Å². The summed E-state index contributed by atoms with van der Waals surface area (Å²) in [6.45, 7) is 8.11. The molecule has 2 aromatic heterocycles. The van der Waals surface area contributed by atoms with E-state index in [2.05, 4.69) is 20.7 Å². The topological polar surface area (TPSA) is 117 Å². The molecule has 0 saturated heterocycles. The highest BCUT2D eigenvalue weighted by Crippen LogP contribution is 2.43. The molecule has 10 heteroatoms. The van der Waals surface area contributed by atoms with Gasteiger partial charge < -0.3 is 24.8 Å². The predicted molar refractivity (Wildman–Crippen MR) is 121 cm³/mol. The molecule has 2 aromatic rings. The van der Waals surface area contributed by atoms with Crippen LogP contribution in [0.3, 0.4) is 0 Å². The van der Waals surface area contributed by atoms with Gasteiger partial charge in [0.25, 0.3) is 5.88 Å². The second kappa shape index (κ2) is 8.92. The van der Waals surface area contributed by atoms with Crippen LogP contribution in [0.5, 0.6) is 11.6 Å². The lowest BCUT2D eigenvalue weighted by Gasteiger charge is -2.27. The number of nitrogens with zero attached hydrogens (tertiary/aromatic N) is 3. The highest BCUT2D eigenvalue weighted by Gasteiger charge is 2.30. The summed E-state index contributed by atoms with van der Waals surface area (Å²) in [5, 5.41) is 10.3. The number of pyridine rings is 1. The molecular formula is C23H31N5O5. The van der Waals surface area contributed by atoms with Gasteiger partial charge in [0.1, 0.15) is 18.8 Å². The molecule has 2 aliphatic heterocycles. The molecule has 4 rings (SSSR count). The Morgan fingerprint density at radius 2 is 2.03 bits per heavy atom. The lowest BCUT2D eigenvalue weighted by Crippen LogP contribution is -2.35. The highest BCUT2D eigenvalue weighted by molar-refractivity contribution is 5.96. The van der Waals surface area contributed by atoms with Crippen molar-refractivity contribution in [3.8, 4) is 22.9 Å². The van der Waals surface area contributed by atoms with Gasteiger partial charge in [-0.3, -0.25) is 9.48 Å². The first-order chi connectivity index (χ1) is 15.6. The zero-order valence-electron chi connectivity index (χ0n) is 19.7. The van der Waals surface area contributed by atoms with Gasteiger partial charge in [-0.25, -0.2) is 9.78 Å². The Bertz CT molecular complexity index is 1060. The van der Waals surface area contributed by atoms with Crippen molar-refractivity contribution < 1.29 is 23.8 Å². The number of amides is 2. The average molecular weight is 458 g/mol. The molecule has 0 saturated carbocycles. The summed E-state index contributed by atoms with van der Waals surface area (Å²) in [6.07, 6.45) is 3.05. The van der Waals surface area contributed by atoms with E-state index in [0.717, 1.165) is 0 Å². The Hall–Kier alpha value is -3.30. The fourth-order valence-electron chi connectivity index (χ4n) is 4.01. The number of fused-ring (bicyclic) bond motifs is 6. The van der Waals surface area contributed by atoms with Crippen LogP contribution in [0.2, 0.25) is 0 Å². The fourth-order valence-corrected chi connectivity index (χ4v) is 4.01. The van der Waals surface area contributed by atoms with Crippen LogP contribution in [0.15, 0.2) is 12.3 Å². The molecule has 0 spiro atoms. The van der Waals surface area contributed by atoms with E-state index in [9.17, 15) is 9.59 Å². The number of hydrogen-bond acceptors (Lipinski definition) is 7. The molecule has 0 fully saturated rings. The Labute approximate surface area is 193 Å². The number of aromatic nitrogens is 3. The van der Waals surface area contributed by atoms with Gasteiger partial charge in [-0.05, 0) is 39.7 Å². The Balaban J connectivity index is 1.83. The zero-order valence-corrected chi connectivity index (χ0v) is 19.7. The molecular weight excluding hydrogens is 426 g/mol. The van der Waals surface area contributed by atoms with Gasteiger partial charge in [0.2, 0.25) is 5.91 Å². The second-order valence-corrected chi connectivity index (χ2v) is 9.48. The standard InChI is InChI=1S/C23H31N5O5/c1-13-7-6-8-15(27-22(30)33-23(2,3)4)16-11-14(19-21(26-16)32-10-9-31-19)18-17(25-20(13)29)12-24-28(18)5/h11-13,15H,6-10H2,1-5H3,(H,25,29)(H,27,30)/t13-,15+/m1/s1. The van der Waals surface area contributed by atoms with Crippen molar-refractivity contribution in [2.24, 2.45) is 13.0 Å². The summed E-state index contributed by atoms with van der Waals surface area (Å²) in [7, 11) is 1.80. The minimum absolute atomic E-state index is 0.0817. The molecule has 0 aromatic carbocycles. The Morgan fingerprint density at radius 3 is 2.79 bits per heavy atom. The first kappa shape index (κ1) is 22.9.